The van der Waals surface area contributed by atoms with Crippen molar-refractivity contribution < 1.29 is 0 Å². The fraction of sp³-hybridized carbons (Fsp3) is 0.294. The maximum atomic E-state index is 3.15. The Balaban J connectivity index is 1.94. The molecule has 0 unspecified atom stereocenters. The summed E-state index contributed by atoms with van der Waals surface area (Å²) in [5.41, 5.74) is 6.74. The van der Waals surface area contributed by atoms with Crippen molar-refractivity contribution in [2.75, 3.05) is 26.0 Å². The van der Waals surface area contributed by atoms with E-state index in [1.165, 1.54) is 35.2 Å². The summed E-state index contributed by atoms with van der Waals surface area (Å²) >= 11 is 0. The van der Waals surface area contributed by atoms with Gasteiger partial charge in [-0.25, -0.2) is 0 Å². The van der Waals surface area contributed by atoms with E-state index in [0.29, 0.717) is 0 Å². The number of nitrogens with one attached hydrogen (secondary N) is 1. The average molecular weight is 252 g/mol. The Hall–Kier alpha value is -1.80. The molecule has 0 bridgehead atoms. The number of nitrogens with zero attached hydrogens (tertiary/aromatic N) is 1. The summed E-state index contributed by atoms with van der Waals surface area (Å²) in [4.78, 5) is 2.39. The van der Waals surface area contributed by atoms with Gasteiger partial charge in [0.1, 0.15) is 0 Å². The molecule has 1 heterocycles. The van der Waals surface area contributed by atoms with Crippen LogP contribution in [0.2, 0.25) is 0 Å². The van der Waals surface area contributed by atoms with E-state index >= 15 is 0 Å². The molecule has 2 aromatic rings. The smallest absolute Gasteiger partial charge is 0.0337 e. The van der Waals surface area contributed by atoms with Gasteiger partial charge < -0.3 is 10.2 Å². The first-order valence-corrected chi connectivity index (χ1v) is 6.85. The third kappa shape index (κ3) is 2.49. The van der Waals surface area contributed by atoms with Gasteiger partial charge in [0.25, 0.3) is 0 Å². The van der Waals surface area contributed by atoms with E-state index in [-0.39, 0.29) is 0 Å². The quantitative estimate of drug-likeness (QED) is 0.881. The Morgan fingerprint density at radius 2 is 1.68 bits per heavy atom. The predicted molar refractivity (Wildman–Crippen MR) is 81.5 cm³/mol. The van der Waals surface area contributed by atoms with Gasteiger partial charge in [-0.3, -0.25) is 0 Å². The molecule has 1 aliphatic rings. The summed E-state index contributed by atoms with van der Waals surface area (Å²) in [7, 11) is 4.14. The number of anilines is 1. The van der Waals surface area contributed by atoms with E-state index in [1.807, 2.05) is 7.05 Å². The molecule has 19 heavy (non-hydrogen) atoms. The van der Waals surface area contributed by atoms with Gasteiger partial charge in [-0.15, -0.1) is 0 Å². The van der Waals surface area contributed by atoms with Crippen LogP contribution >= 0.6 is 0 Å². The summed E-state index contributed by atoms with van der Waals surface area (Å²) in [5.74, 6) is 0. The molecule has 0 aromatic heterocycles. The molecule has 1 N–H and O–H groups in total. The minimum absolute atomic E-state index is 1.07. The topological polar surface area (TPSA) is 15.3 Å². The number of hydrogen-bond acceptors (Lipinski definition) is 2. The largest absolute Gasteiger partial charge is 0.388 e. The molecule has 0 spiro atoms. The third-order valence-electron chi connectivity index (χ3n) is 3.92. The molecule has 0 amide bonds. The number of likely N-dealkylation sites (N-methyl/N-ethyl adjacent to an activating group) is 1. The molecular weight excluding hydrogens is 232 g/mol. The highest BCUT2D eigenvalue weighted by Gasteiger charge is 2.13. The van der Waals surface area contributed by atoms with Crippen LogP contribution in [-0.4, -0.2) is 25.5 Å². The summed E-state index contributed by atoms with van der Waals surface area (Å²) in [6.07, 6.45) is 1.17. The van der Waals surface area contributed by atoms with E-state index in [2.05, 4.69) is 59.7 Å². The van der Waals surface area contributed by atoms with Crippen LogP contribution in [0.15, 0.2) is 42.5 Å². The molecule has 1 aliphatic heterocycles. The van der Waals surface area contributed by atoms with Crippen LogP contribution in [-0.2, 0) is 13.0 Å². The summed E-state index contributed by atoms with van der Waals surface area (Å²) in [6.45, 7) is 2.24. The van der Waals surface area contributed by atoms with Crippen LogP contribution in [0.3, 0.4) is 0 Å². The zero-order valence-electron chi connectivity index (χ0n) is 11.6. The van der Waals surface area contributed by atoms with Crippen molar-refractivity contribution in [1.29, 1.82) is 0 Å². The van der Waals surface area contributed by atoms with Crippen LogP contribution < -0.4 is 5.32 Å². The highest BCUT2D eigenvalue weighted by molar-refractivity contribution is 5.67. The Bertz CT molecular complexity index is 572. The van der Waals surface area contributed by atoms with Crippen molar-refractivity contribution in [3.63, 3.8) is 0 Å². The molecule has 0 aliphatic carbocycles. The molecule has 0 fully saturated rings. The van der Waals surface area contributed by atoms with Gasteiger partial charge in [-0.05, 0) is 53.9 Å². The van der Waals surface area contributed by atoms with Crippen LogP contribution in [0.4, 0.5) is 5.69 Å². The van der Waals surface area contributed by atoms with Crippen molar-refractivity contribution in [2.24, 2.45) is 0 Å². The fourth-order valence-electron chi connectivity index (χ4n) is 2.71. The molecule has 3 rings (SSSR count). The van der Waals surface area contributed by atoms with Crippen molar-refractivity contribution >= 4 is 5.69 Å². The van der Waals surface area contributed by atoms with Crippen molar-refractivity contribution in [1.82, 2.24) is 4.90 Å². The lowest BCUT2D eigenvalue weighted by Crippen LogP contribution is -2.26. The van der Waals surface area contributed by atoms with Gasteiger partial charge in [-0.2, -0.15) is 0 Å². The number of benzene rings is 2. The minimum atomic E-state index is 1.07. The number of fused-ring (bicyclic) bond motifs is 1. The SMILES string of the molecule is CNc1ccc(-c2ccc3c(c2)CN(C)CC3)cc1. The highest BCUT2D eigenvalue weighted by Crippen LogP contribution is 2.26. The van der Waals surface area contributed by atoms with Gasteiger partial charge in [-0.1, -0.05) is 24.3 Å². The van der Waals surface area contributed by atoms with Crippen LogP contribution in [0.25, 0.3) is 11.1 Å². The average Bonchev–Trinajstić information content (AvgIpc) is 2.46. The number of hydrogen-bond donors (Lipinski definition) is 1. The van der Waals surface area contributed by atoms with Gasteiger partial charge in [0.15, 0.2) is 0 Å². The van der Waals surface area contributed by atoms with Gasteiger partial charge in [0.05, 0.1) is 0 Å². The minimum Gasteiger partial charge on any atom is -0.388 e. The Labute approximate surface area is 115 Å². The zero-order chi connectivity index (χ0) is 13.2. The molecule has 2 aromatic carbocycles. The van der Waals surface area contributed by atoms with Gasteiger partial charge in [0.2, 0.25) is 0 Å². The third-order valence-corrected chi connectivity index (χ3v) is 3.92. The maximum absolute atomic E-state index is 3.15. The zero-order valence-corrected chi connectivity index (χ0v) is 11.6. The van der Waals surface area contributed by atoms with Gasteiger partial charge in [0, 0.05) is 25.8 Å². The molecule has 98 valence electrons. The van der Waals surface area contributed by atoms with Gasteiger partial charge >= 0.3 is 0 Å². The van der Waals surface area contributed by atoms with E-state index in [4.69, 9.17) is 0 Å². The molecule has 2 heteroatoms. The summed E-state index contributed by atoms with van der Waals surface area (Å²) in [5, 5.41) is 3.15. The fourth-order valence-corrected chi connectivity index (χ4v) is 2.71. The van der Waals surface area contributed by atoms with Crippen LogP contribution in [0.5, 0.6) is 0 Å². The lowest BCUT2D eigenvalue weighted by Gasteiger charge is -2.25. The summed E-state index contributed by atoms with van der Waals surface area (Å²) in [6, 6.07) is 15.5. The molecule has 0 radical (unpaired) electrons. The van der Waals surface area contributed by atoms with Crippen LogP contribution in [0.1, 0.15) is 11.1 Å². The van der Waals surface area contributed by atoms with E-state index < -0.39 is 0 Å². The normalized spacial score (nSPS) is 15.1. The molecule has 0 saturated heterocycles. The lowest BCUT2D eigenvalue weighted by molar-refractivity contribution is 0.313. The molecular formula is C17H20N2. The van der Waals surface area contributed by atoms with Crippen molar-refractivity contribution in [3.8, 4) is 11.1 Å². The predicted octanol–water partition coefficient (Wildman–Crippen LogP) is 3.38. The second-order valence-corrected chi connectivity index (χ2v) is 5.30. The summed E-state index contributed by atoms with van der Waals surface area (Å²) < 4.78 is 0. The Morgan fingerprint density at radius 1 is 0.947 bits per heavy atom. The van der Waals surface area contributed by atoms with E-state index in [0.717, 1.165) is 12.2 Å². The maximum Gasteiger partial charge on any atom is 0.0337 e. The Morgan fingerprint density at radius 3 is 2.42 bits per heavy atom. The monoisotopic (exact) mass is 252 g/mol. The second kappa shape index (κ2) is 5.06. The first-order chi connectivity index (χ1) is 9.26. The highest BCUT2D eigenvalue weighted by atomic mass is 15.1. The van der Waals surface area contributed by atoms with Crippen molar-refractivity contribution in [2.45, 2.75) is 13.0 Å². The Kier molecular flexibility index (Phi) is 3.26. The van der Waals surface area contributed by atoms with Crippen LogP contribution in [0, 0.1) is 0 Å². The van der Waals surface area contributed by atoms with E-state index in [9.17, 15) is 0 Å². The molecule has 0 saturated carbocycles. The second-order valence-electron chi connectivity index (χ2n) is 5.30. The lowest BCUT2D eigenvalue weighted by atomic mass is 9.95. The first-order valence-electron chi connectivity index (χ1n) is 6.85. The molecule has 2 nitrogen and oxygen atoms in total. The molecule has 0 atom stereocenters. The first kappa shape index (κ1) is 12.2. The number of rotatable bonds is 2. The standard InChI is InChI=1S/C17H20N2/c1-18-17-7-5-13(6-8-17)15-4-3-14-9-10-19(2)12-16(14)11-15/h3-8,11,18H,9-10,12H2,1-2H3. The van der Waals surface area contributed by atoms with Crippen molar-refractivity contribution in [3.05, 3.63) is 53.6 Å². The van der Waals surface area contributed by atoms with E-state index in [1.54, 1.807) is 0 Å².